The molecule has 116 valence electrons. The fourth-order valence-corrected chi connectivity index (χ4v) is 2.07. The summed E-state index contributed by atoms with van der Waals surface area (Å²) in [5.41, 5.74) is 0.166. The van der Waals surface area contributed by atoms with E-state index in [0.717, 1.165) is 18.1 Å². The van der Waals surface area contributed by atoms with Crippen LogP contribution in [0.1, 0.15) is 27.9 Å². The van der Waals surface area contributed by atoms with Crippen LogP contribution in [0.15, 0.2) is 48.5 Å². The smallest absolute Gasteiger partial charge is 0.419 e. The highest BCUT2D eigenvalue weighted by molar-refractivity contribution is 5.75. The van der Waals surface area contributed by atoms with Crippen molar-refractivity contribution in [1.29, 1.82) is 0 Å². The van der Waals surface area contributed by atoms with Gasteiger partial charge in [-0.1, -0.05) is 30.3 Å². The molecule has 0 atom stereocenters. The summed E-state index contributed by atoms with van der Waals surface area (Å²) in [4.78, 5) is 10.6. The van der Waals surface area contributed by atoms with E-state index < -0.39 is 11.7 Å². The molecule has 0 N–H and O–H groups in total. The predicted octanol–water partition coefficient (Wildman–Crippen LogP) is 4.53. The third-order valence-corrected chi connectivity index (χ3v) is 3.16. The van der Waals surface area contributed by atoms with Crippen LogP contribution in [0.2, 0.25) is 0 Å². The molecule has 2 aromatic rings. The van der Waals surface area contributed by atoms with E-state index in [4.69, 9.17) is 4.74 Å². The molecule has 2 rings (SSSR count). The Morgan fingerprint density at radius 1 is 1.05 bits per heavy atom. The fraction of sp³-hybridized carbons (Fsp3) is 0.235. The normalized spacial score (nSPS) is 11.2. The van der Waals surface area contributed by atoms with E-state index in [2.05, 4.69) is 0 Å². The predicted molar refractivity (Wildman–Crippen MR) is 77.1 cm³/mol. The van der Waals surface area contributed by atoms with Gasteiger partial charge in [0, 0.05) is 5.56 Å². The molecule has 0 amide bonds. The Morgan fingerprint density at radius 2 is 1.77 bits per heavy atom. The number of ether oxygens (including phenoxy) is 1. The van der Waals surface area contributed by atoms with Gasteiger partial charge >= 0.3 is 6.18 Å². The molecule has 0 bridgehead atoms. The zero-order chi connectivity index (χ0) is 16.0. The number of halogens is 3. The molecular formula is C17H15F3O2. The van der Waals surface area contributed by atoms with Crippen LogP contribution in [0, 0.1) is 0 Å². The van der Waals surface area contributed by atoms with Crippen LogP contribution >= 0.6 is 0 Å². The Balaban J connectivity index is 1.99. The molecule has 2 aromatic carbocycles. The van der Waals surface area contributed by atoms with Gasteiger partial charge in [0.25, 0.3) is 0 Å². The third kappa shape index (κ3) is 4.35. The van der Waals surface area contributed by atoms with Crippen molar-refractivity contribution < 1.29 is 22.7 Å². The van der Waals surface area contributed by atoms with Gasteiger partial charge in [0.05, 0.1) is 12.2 Å². The molecule has 0 aliphatic heterocycles. The Morgan fingerprint density at radius 3 is 2.41 bits per heavy atom. The zero-order valence-electron chi connectivity index (χ0n) is 11.8. The first-order valence-corrected chi connectivity index (χ1v) is 6.84. The summed E-state index contributed by atoms with van der Waals surface area (Å²) >= 11 is 0. The van der Waals surface area contributed by atoms with Crippen molar-refractivity contribution in [2.45, 2.75) is 19.0 Å². The van der Waals surface area contributed by atoms with E-state index >= 15 is 0 Å². The second kappa shape index (κ2) is 7.11. The highest BCUT2D eigenvalue weighted by atomic mass is 19.4. The number of carbonyl (C=O) groups excluding carboxylic acids is 1. The lowest BCUT2D eigenvalue weighted by Crippen LogP contribution is -2.10. The average molecular weight is 308 g/mol. The number of aldehydes is 1. The minimum Gasteiger partial charge on any atom is -0.493 e. The summed E-state index contributed by atoms with van der Waals surface area (Å²) < 4.78 is 44.1. The fourth-order valence-electron chi connectivity index (χ4n) is 2.07. The number of carbonyl (C=O) groups is 1. The molecule has 0 saturated carbocycles. The Bertz CT molecular complexity index is 622. The summed E-state index contributed by atoms with van der Waals surface area (Å²) in [5, 5.41) is 0. The highest BCUT2D eigenvalue weighted by Crippen LogP contribution is 2.36. The van der Waals surface area contributed by atoms with Gasteiger partial charge in [-0.15, -0.1) is 0 Å². The maximum absolute atomic E-state index is 12.9. The van der Waals surface area contributed by atoms with Crippen molar-refractivity contribution in [2.24, 2.45) is 0 Å². The SMILES string of the molecule is O=Cc1ccc(OCCCc2ccccc2)c(C(F)(F)F)c1. The van der Waals surface area contributed by atoms with E-state index in [-0.39, 0.29) is 17.9 Å². The minimum absolute atomic E-state index is 0.0241. The van der Waals surface area contributed by atoms with Crippen molar-refractivity contribution in [3.63, 3.8) is 0 Å². The number of hydrogen-bond acceptors (Lipinski definition) is 2. The van der Waals surface area contributed by atoms with Crippen LogP contribution in [0.4, 0.5) is 13.2 Å². The Kier molecular flexibility index (Phi) is 5.20. The second-order valence-electron chi connectivity index (χ2n) is 4.81. The lowest BCUT2D eigenvalue weighted by Gasteiger charge is -2.14. The molecule has 22 heavy (non-hydrogen) atoms. The van der Waals surface area contributed by atoms with Gasteiger partial charge in [-0.25, -0.2) is 0 Å². The van der Waals surface area contributed by atoms with Gasteiger partial charge in [0.15, 0.2) is 0 Å². The molecule has 0 aliphatic carbocycles. The van der Waals surface area contributed by atoms with Gasteiger partial charge in [0.2, 0.25) is 0 Å². The summed E-state index contributed by atoms with van der Waals surface area (Å²) in [7, 11) is 0. The molecule has 0 aromatic heterocycles. The molecule has 0 spiro atoms. The van der Waals surface area contributed by atoms with E-state index in [0.29, 0.717) is 12.7 Å². The number of alkyl halides is 3. The van der Waals surface area contributed by atoms with Gasteiger partial charge in [-0.2, -0.15) is 13.2 Å². The molecule has 2 nitrogen and oxygen atoms in total. The molecule has 0 heterocycles. The molecule has 0 radical (unpaired) electrons. The monoisotopic (exact) mass is 308 g/mol. The summed E-state index contributed by atoms with van der Waals surface area (Å²) in [5.74, 6) is -0.244. The second-order valence-corrected chi connectivity index (χ2v) is 4.81. The van der Waals surface area contributed by atoms with E-state index in [1.165, 1.54) is 12.1 Å². The molecule has 0 aliphatic rings. The van der Waals surface area contributed by atoms with Crippen LogP contribution in [0.25, 0.3) is 0 Å². The molecular weight excluding hydrogens is 293 g/mol. The first-order chi connectivity index (χ1) is 10.5. The maximum atomic E-state index is 12.9. The van der Waals surface area contributed by atoms with Gasteiger partial charge in [-0.3, -0.25) is 4.79 Å². The van der Waals surface area contributed by atoms with E-state index in [1.807, 2.05) is 30.3 Å². The lowest BCUT2D eigenvalue weighted by atomic mass is 10.1. The van der Waals surface area contributed by atoms with Gasteiger partial charge in [0.1, 0.15) is 12.0 Å². The van der Waals surface area contributed by atoms with Crippen molar-refractivity contribution in [2.75, 3.05) is 6.61 Å². The highest BCUT2D eigenvalue weighted by Gasteiger charge is 2.34. The van der Waals surface area contributed by atoms with E-state index in [9.17, 15) is 18.0 Å². The number of benzene rings is 2. The third-order valence-electron chi connectivity index (χ3n) is 3.16. The largest absolute Gasteiger partial charge is 0.493 e. The first kappa shape index (κ1) is 16.1. The Hall–Kier alpha value is -2.30. The van der Waals surface area contributed by atoms with Crippen LogP contribution in [0.5, 0.6) is 5.75 Å². The van der Waals surface area contributed by atoms with Crippen molar-refractivity contribution in [3.8, 4) is 5.75 Å². The molecule has 0 unspecified atom stereocenters. The van der Waals surface area contributed by atoms with Crippen LogP contribution in [-0.4, -0.2) is 12.9 Å². The minimum atomic E-state index is -4.55. The first-order valence-electron chi connectivity index (χ1n) is 6.84. The van der Waals surface area contributed by atoms with Gasteiger partial charge < -0.3 is 4.74 Å². The Labute approximate surface area is 126 Å². The summed E-state index contributed by atoms with van der Waals surface area (Å²) in [6.45, 7) is 0.179. The zero-order valence-corrected chi connectivity index (χ0v) is 11.8. The van der Waals surface area contributed by atoms with Crippen LogP contribution in [-0.2, 0) is 12.6 Å². The number of aryl methyl sites for hydroxylation is 1. The van der Waals surface area contributed by atoms with Crippen LogP contribution in [0.3, 0.4) is 0 Å². The van der Waals surface area contributed by atoms with Crippen molar-refractivity contribution in [1.82, 2.24) is 0 Å². The quantitative estimate of drug-likeness (QED) is 0.579. The van der Waals surface area contributed by atoms with Crippen LogP contribution < -0.4 is 4.74 Å². The lowest BCUT2D eigenvalue weighted by molar-refractivity contribution is -0.139. The maximum Gasteiger partial charge on any atom is 0.419 e. The standard InChI is InChI=1S/C17H15F3O2/c18-17(19,20)15-11-14(12-21)8-9-16(15)22-10-4-7-13-5-2-1-3-6-13/h1-3,5-6,8-9,11-12H,4,7,10H2. The van der Waals surface area contributed by atoms with E-state index in [1.54, 1.807) is 0 Å². The number of rotatable bonds is 6. The molecule has 0 fully saturated rings. The van der Waals surface area contributed by atoms with Crippen molar-refractivity contribution >= 4 is 6.29 Å². The summed E-state index contributed by atoms with van der Waals surface area (Å²) in [6.07, 6.45) is -2.83. The topological polar surface area (TPSA) is 26.3 Å². The number of hydrogen-bond donors (Lipinski definition) is 0. The van der Waals surface area contributed by atoms with Gasteiger partial charge in [-0.05, 0) is 36.6 Å². The molecule has 0 saturated heterocycles. The summed E-state index contributed by atoms with van der Waals surface area (Å²) in [6, 6.07) is 13.0. The average Bonchev–Trinajstić information content (AvgIpc) is 2.51. The molecule has 5 heteroatoms. The van der Waals surface area contributed by atoms with Crippen molar-refractivity contribution in [3.05, 3.63) is 65.2 Å².